The first kappa shape index (κ1) is 17.0. The second-order valence-electron chi connectivity index (χ2n) is 5.54. The molecular formula is C15H28BrNO2. The normalized spacial score (nSPS) is 23.6. The highest BCUT2D eigenvalue weighted by Crippen LogP contribution is 2.15. The summed E-state index contributed by atoms with van der Waals surface area (Å²) in [6.07, 6.45) is 8.41. The molecule has 0 spiro atoms. The van der Waals surface area contributed by atoms with Crippen LogP contribution in [-0.2, 0) is 9.53 Å². The van der Waals surface area contributed by atoms with Gasteiger partial charge in [-0.3, -0.25) is 4.79 Å². The summed E-state index contributed by atoms with van der Waals surface area (Å²) in [7, 11) is 0. The van der Waals surface area contributed by atoms with Crippen molar-refractivity contribution in [3.8, 4) is 0 Å². The number of carbonyl (C=O) groups excluding carboxylic acids is 1. The number of unbranched alkanes of at least 4 members (excludes halogenated alkanes) is 5. The fourth-order valence-electron chi connectivity index (χ4n) is 2.55. The van der Waals surface area contributed by atoms with Crippen LogP contribution in [0.15, 0.2) is 0 Å². The van der Waals surface area contributed by atoms with E-state index in [0.29, 0.717) is 12.3 Å². The third kappa shape index (κ3) is 6.75. The first-order chi connectivity index (χ1) is 9.17. The number of nitrogens with zero attached hydrogens (tertiary/aromatic N) is 1. The molecule has 1 heterocycles. The first-order valence-electron chi connectivity index (χ1n) is 7.66. The third-order valence-corrected chi connectivity index (χ3v) is 4.32. The second kappa shape index (κ2) is 9.76. The number of carbonyl (C=O) groups is 1. The summed E-state index contributed by atoms with van der Waals surface area (Å²) in [6, 6.07) is 0. The van der Waals surface area contributed by atoms with Gasteiger partial charge in [-0.2, -0.15) is 0 Å². The molecule has 112 valence electrons. The summed E-state index contributed by atoms with van der Waals surface area (Å²) in [5.41, 5.74) is 0. The van der Waals surface area contributed by atoms with E-state index in [4.69, 9.17) is 4.74 Å². The van der Waals surface area contributed by atoms with Crippen LogP contribution in [-0.4, -0.2) is 41.4 Å². The van der Waals surface area contributed by atoms with Gasteiger partial charge in [-0.05, 0) is 13.3 Å². The number of rotatable bonds is 8. The van der Waals surface area contributed by atoms with Crippen LogP contribution in [0.25, 0.3) is 0 Å². The van der Waals surface area contributed by atoms with Crippen molar-refractivity contribution in [1.29, 1.82) is 0 Å². The molecule has 1 aliphatic rings. The molecule has 3 nitrogen and oxygen atoms in total. The van der Waals surface area contributed by atoms with Gasteiger partial charge in [0.05, 0.1) is 12.2 Å². The van der Waals surface area contributed by atoms with Crippen molar-refractivity contribution in [2.24, 2.45) is 0 Å². The average molecular weight is 334 g/mol. The van der Waals surface area contributed by atoms with Gasteiger partial charge in [0.2, 0.25) is 5.91 Å². The van der Waals surface area contributed by atoms with E-state index in [2.05, 4.69) is 22.9 Å². The van der Waals surface area contributed by atoms with E-state index >= 15 is 0 Å². The molecule has 0 aromatic rings. The Bertz CT molecular complexity index is 261. The molecule has 4 heteroatoms. The minimum Gasteiger partial charge on any atom is -0.371 e. The maximum atomic E-state index is 12.1. The monoisotopic (exact) mass is 333 g/mol. The molecule has 0 aromatic heterocycles. The molecule has 0 bridgehead atoms. The molecular weight excluding hydrogens is 306 g/mol. The SMILES string of the molecule is CCCCCCCCC(=O)N1CC(C)OC(CBr)C1. The molecule has 1 rings (SSSR count). The Morgan fingerprint density at radius 1 is 1.21 bits per heavy atom. The van der Waals surface area contributed by atoms with Gasteiger partial charge in [-0.1, -0.05) is 55.0 Å². The van der Waals surface area contributed by atoms with E-state index in [-0.39, 0.29) is 12.2 Å². The summed E-state index contributed by atoms with van der Waals surface area (Å²) < 4.78 is 5.75. The van der Waals surface area contributed by atoms with Crippen LogP contribution in [0.3, 0.4) is 0 Å². The van der Waals surface area contributed by atoms with Gasteiger partial charge in [0, 0.05) is 24.8 Å². The maximum absolute atomic E-state index is 12.1. The van der Waals surface area contributed by atoms with Crippen molar-refractivity contribution < 1.29 is 9.53 Å². The second-order valence-corrected chi connectivity index (χ2v) is 6.19. The average Bonchev–Trinajstić information content (AvgIpc) is 2.41. The van der Waals surface area contributed by atoms with Crippen LogP contribution >= 0.6 is 15.9 Å². The fraction of sp³-hybridized carbons (Fsp3) is 0.933. The van der Waals surface area contributed by atoms with E-state index in [0.717, 1.165) is 24.8 Å². The van der Waals surface area contributed by atoms with E-state index in [1.54, 1.807) is 0 Å². The number of morpholine rings is 1. The molecule has 2 atom stereocenters. The molecule has 0 aromatic carbocycles. The number of amides is 1. The number of ether oxygens (including phenoxy) is 1. The van der Waals surface area contributed by atoms with Crippen molar-refractivity contribution in [1.82, 2.24) is 4.90 Å². The van der Waals surface area contributed by atoms with E-state index in [9.17, 15) is 4.79 Å². The molecule has 19 heavy (non-hydrogen) atoms. The zero-order valence-electron chi connectivity index (χ0n) is 12.4. The van der Waals surface area contributed by atoms with Crippen molar-refractivity contribution in [2.75, 3.05) is 18.4 Å². The van der Waals surface area contributed by atoms with E-state index < -0.39 is 0 Å². The van der Waals surface area contributed by atoms with Gasteiger partial charge in [-0.25, -0.2) is 0 Å². The lowest BCUT2D eigenvalue weighted by Gasteiger charge is -2.36. The first-order valence-corrected chi connectivity index (χ1v) is 8.78. The molecule has 0 N–H and O–H groups in total. The molecule has 0 saturated carbocycles. The molecule has 2 unspecified atom stereocenters. The van der Waals surface area contributed by atoms with Gasteiger partial charge in [-0.15, -0.1) is 0 Å². The molecule has 1 saturated heterocycles. The van der Waals surface area contributed by atoms with Gasteiger partial charge in [0.15, 0.2) is 0 Å². The highest BCUT2D eigenvalue weighted by Gasteiger charge is 2.27. The highest BCUT2D eigenvalue weighted by atomic mass is 79.9. The Morgan fingerprint density at radius 3 is 2.58 bits per heavy atom. The minimum atomic E-state index is 0.150. The molecule has 1 fully saturated rings. The summed E-state index contributed by atoms with van der Waals surface area (Å²) >= 11 is 3.44. The Labute approximate surface area is 126 Å². The smallest absolute Gasteiger partial charge is 0.222 e. The number of halogens is 1. The van der Waals surface area contributed by atoms with Crippen LogP contribution in [0.2, 0.25) is 0 Å². The van der Waals surface area contributed by atoms with Crippen molar-refractivity contribution in [3.05, 3.63) is 0 Å². The fourth-order valence-corrected chi connectivity index (χ4v) is 2.91. The van der Waals surface area contributed by atoms with Gasteiger partial charge < -0.3 is 9.64 Å². The summed E-state index contributed by atoms with van der Waals surface area (Å²) in [5.74, 6) is 0.302. The Kier molecular flexibility index (Phi) is 8.71. The van der Waals surface area contributed by atoms with Crippen LogP contribution in [0.1, 0.15) is 58.8 Å². The third-order valence-electron chi connectivity index (χ3n) is 3.60. The van der Waals surface area contributed by atoms with Crippen LogP contribution in [0.5, 0.6) is 0 Å². The van der Waals surface area contributed by atoms with Crippen LogP contribution in [0, 0.1) is 0 Å². The van der Waals surface area contributed by atoms with Crippen molar-refractivity contribution in [3.63, 3.8) is 0 Å². The predicted octanol–water partition coefficient (Wildman–Crippen LogP) is 3.75. The lowest BCUT2D eigenvalue weighted by atomic mass is 10.1. The zero-order chi connectivity index (χ0) is 14.1. The summed E-state index contributed by atoms with van der Waals surface area (Å²) in [6.45, 7) is 5.76. The van der Waals surface area contributed by atoms with E-state index in [1.807, 2.05) is 11.8 Å². The van der Waals surface area contributed by atoms with Gasteiger partial charge in [0.25, 0.3) is 0 Å². The van der Waals surface area contributed by atoms with Crippen LogP contribution in [0.4, 0.5) is 0 Å². The zero-order valence-corrected chi connectivity index (χ0v) is 14.0. The molecule has 0 radical (unpaired) electrons. The predicted molar refractivity (Wildman–Crippen MR) is 82.7 cm³/mol. The Morgan fingerprint density at radius 2 is 1.89 bits per heavy atom. The largest absolute Gasteiger partial charge is 0.371 e. The summed E-state index contributed by atoms with van der Waals surface area (Å²) in [4.78, 5) is 14.1. The standard InChI is InChI=1S/C15H28BrNO2/c1-3-4-5-6-7-8-9-15(18)17-11-13(2)19-14(10-16)12-17/h13-14H,3-12H2,1-2H3. The lowest BCUT2D eigenvalue weighted by molar-refractivity contribution is -0.142. The number of hydrogen-bond donors (Lipinski definition) is 0. The Balaban J connectivity index is 2.17. The lowest BCUT2D eigenvalue weighted by Crippen LogP contribution is -2.49. The minimum absolute atomic E-state index is 0.150. The van der Waals surface area contributed by atoms with Crippen LogP contribution < -0.4 is 0 Å². The Hall–Kier alpha value is -0.0900. The summed E-state index contributed by atoms with van der Waals surface area (Å²) in [5, 5.41) is 0.804. The molecule has 1 aliphatic heterocycles. The number of alkyl halides is 1. The molecule has 1 amide bonds. The number of hydrogen-bond acceptors (Lipinski definition) is 2. The maximum Gasteiger partial charge on any atom is 0.222 e. The van der Waals surface area contributed by atoms with Gasteiger partial charge >= 0.3 is 0 Å². The van der Waals surface area contributed by atoms with Gasteiger partial charge in [0.1, 0.15) is 0 Å². The highest BCUT2D eigenvalue weighted by molar-refractivity contribution is 9.09. The quantitative estimate of drug-likeness (QED) is 0.500. The van der Waals surface area contributed by atoms with E-state index in [1.165, 1.54) is 32.1 Å². The molecule has 0 aliphatic carbocycles. The van der Waals surface area contributed by atoms with Crippen molar-refractivity contribution in [2.45, 2.75) is 71.0 Å². The van der Waals surface area contributed by atoms with Crippen molar-refractivity contribution >= 4 is 21.8 Å². The topological polar surface area (TPSA) is 29.5 Å².